The summed E-state index contributed by atoms with van der Waals surface area (Å²) in [7, 11) is 0. The predicted octanol–water partition coefficient (Wildman–Crippen LogP) is 2.28. The van der Waals surface area contributed by atoms with Crippen LogP contribution in [0.3, 0.4) is 0 Å². The van der Waals surface area contributed by atoms with Crippen LogP contribution in [0.1, 0.15) is 34.9 Å². The summed E-state index contributed by atoms with van der Waals surface area (Å²) in [5.74, 6) is 1.87. The van der Waals surface area contributed by atoms with Crippen molar-refractivity contribution in [2.75, 3.05) is 33.0 Å². The number of fused-ring (bicyclic) bond motifs is 2. The molecular weight excluding hydrogens is 346 g/mol. The lowest BCUT2D eigenvalue weighted by Crippen LogP contribution is -2.42. The Morgan fingerprint density at radius 2 is 2.11 bits per heavy atom. The lowest BCUT2D eigenvalue weighted by molar-refractivity contribution is 0.0493. The summed E-state index contributed by atoms with van der Waals surface area (Å²) in [6.45, 7) is 3.50. The molecule has 5 rings (SSSR count). The molecule has 3 heterocycles. The van der Waals surface area contributed by atoms with Crippen LogP contribution < -0.4 is 9.47 Å². The van der Waals surface area contributed by atoms with Gasteiger partial charge in [0.1, 0.15) is 13.2 Å². The number of aromatic nitrogens is 2. The Balaban J connectivity index is 1.36. The second-order valence-corrected chi connectivity index (χ2v) is 7.44. The molecule has 0 bridgehead atoms. The maximum Gasteiger partial charge on any atom is 0.258 e. The highest BCUT2D eigenvalue weighted by molar-refractivity contribution is 5.98. The molecule has 3 aliphatic rings. The van der Waals surface area contributed by atoms with Gasteiger partial charge in [-0.3, -0.25) is 4.79 Å². The summed E-state index contributed by atoms with van der Waals surface area (Å²) in [5, 5.41) is 0. The molecule has 7 nitrogen and oxygen atoms in total. The molecule has 1 aromatic heterocycles. The average Bonchev–Trinajstić information content (AvgIpc) is 3.40. The maximum atomic E-state index is 13.3. The number of ether oxygens (including phenoxy) is 3. The predicted molar refractivity (Wildman–Crippen MR) is 97.0 cm³/mol. The molecule has 1 aliphatic carbocycles. The van der Waals surface area contributed by atoms with Crippen molar-refractivity contribution >= 4 is 5.91 Å². The van der Waals surface area contributed by atoms with E-state index in [1.165, 1.54) is 12.8 Å². The van der Waals surface area contributed by atoms with Crippen molar-refractivity contribution in [3.8, 4) is 11.5 Å². The summed E-state index contributed by atoms with van der Waals surface area (Å²) in [6.07, 6.45) is 6.20. The molecule has 1 aromatic carbocycles. The normalized spacial score (nSPS) is 21.0. The fourth-order valence-corrected chi connectivity index (χ4v) is 3.74. The summed E-state index contributed by atoms with van der Waals surface area (Å²) < 4.78 is 19.4. The van der Waals surface area contributed by atoms with Gasteiger partial charge in [-0.2, -0.15) is 0 Å². The largest absolute Gasteiger partial charge is 0.486 e. The summed E-state index contributed by atoms with van der Waals surface area (Å²) >= 11 is 0. The first-order valence-electron chi connectivity index (χ1n) is 9.56. The van der Waals surface area contributed by atoms with Crippen LogP contribution in [0.2, 0.25) is 0 Å². The molecule has 2 aromatic rings. The summed E-state index contributed by atoms with van der Waals surface area (Å²) in [4.78, 5) is 19.4. The van der Waals surface area contributed by atoms with Crippen LogP contribution in [0, 0.1) is 5.92 Å². The number of hydrogen-bond acceptors (Lipinski definition) is 5. The molecule has 1 fully saturated rings. The Labute approximate surface area is 157 Å². The molecule has 7 heteroatoms. The second kappa shape index (κ2) is 6.88. The van der Waals surface area contributed by atoms with Crippen LogP contribution in [-0.4, -0.2) is 53.3 Å². The van der Waals surface area contributed by atoms with E-state index in [1.54, 1.807) is 6.07 Å². The zero-order chi connectivity index (χ0) is 18.2. The zero-order valence-electron chi connectivity index (χ0n) is 15.2. The summed E-state index contributed by atoms with van der Waals surface area (Å²) in [5.41, 5.74) is 1.58. The van der Waals surface area contributed by atoms with Gasteiger partial charge in [-0.15, -0.1) is 0 Å². The van der Waals surface area contributed by atoms with Crippen molar-refractivity contribution in [1.82, 2.24) is 14.5 Å². The van der Waals surface area contributed by atoms with Crippen molar-refractivity contribution in [3.05, 3.63) is 42.0 Å². The highest BCUT2D eigenvalue weighted by Crippen LogP contribution is 2.35. The van der Waals surface area contributed by atoms with Gasteiger partial charge in [-0.05, 0) is 30.9 Å². The molecule has 0 N–H and O–H groups in total. The van der Waals surface area contributed by atoms with Gasteiger partial charge in [0, 0.05) is 19.3 Å². The van der Waals surface area contributed by atoms with Crippen molar-refractivity contribution in [3.63, 3.8) is 0 Å². The maximum absolute atomic E-state index is 13.3. The van der Waals surface area contributed by atoms with Gasteiger partial charge in [0.05, 0.1) is 36.8 Å². The van der Waals surface area contributed by atoms with E-state index >= 15 is 0 Å². The zero-order valence-corrected chi connectivity index (χ0v) is 15.2. The number of rotatable bonds is 5. The van der Waals surface area contributed by atoms with Crippen molar-refractivity contribution in [2.45, 2.75) is 25.4 Å². The van der Waals surface area contributed by atoms with E-state index in [0.29, 0.717) is 50.0 Å². The molecule has 27 heavy (non-hydrogen) atoms. The highest BCUT2D eigenvalue weighted by atomic mass is 16.6. The SMILES string of the molecule is O=C(c1cccc2c1OCCO2)N1Cc2cncn2C(COCC2CC2)C1. The molecule has 1 unspecified atom stereocenters. The third-order valence-electron chi connectivity index (χ3n) is 5.37. The van der Waals surface area contributed by atoms with Gasteiger partial charge in [0.25, 0.3) is 5.91 Å². The molecule has 2 aliphatic heterocycles. The first kappa shape index (κ1) is 16.6. The van der Waals surface area contributed by atoms with Gasteiger partial charge in [0.15, 0.2) is 11.5 Å². The van der Waals surface area contributed by atoms with Gasteiger partial charge in [0.2, 0.25) is 0 Å². The first-order chi connectivity index (χ1) is 13.3. The van der Waals surface area contributed by atoms with E-state index < -0.39 is 0 Å². The third-order valence-corrected chi connectivity index (χ3v) is 5.37. The van der Waals surface area contributed by atoms with E-state index in [2.05, 4.69) is 9.55 Å². The smallest absolute Gasteiger partial charge is 0.258 e. The Morgan fingerprint density at radius 3 is 3.00 bits per heavy atom. The fourth-order valence-electron chi connectivity index (χ4n) is 3.74. The van der Waals surface area contributed by atoms with Crippen LogP contribution in [-0.2, 0) is 11.3 Å². The minimum absolute atomic E-state index is 0.0445. The standard InChI is InChI=1S/C20H23N3O4/c24-20(17-2-1-3-18-19(17)27-7-6-26-18)22-9-15-8-21-13-23(15)16(10-22)12-25-11-14-4-5-14/h1-3,8,13-14,16H,4-7,9-12H2. The molecule has 0 spiro atoms. The molecule has 1 amide bonds. The number of benzene rings is 1. The number of para-hydroxylation sites is 1. The lowest BCUT2D eigenvalue weighted by Gasteiger charge is -2.35. The van der Waals surface area contributed by atoms with Crippen molar-refractivity contribution in [2.24, 2.45) is 5.92 Å². The Hall–Kier alpha value is -2.54. The second-order valence-electron chi connectivity index (χ2n) is 7.44. The van der Waals surface area contributed by atoms with Gasteiger partial charge in [-0.25, -0.2) is 4.98 Å². The van der Waals surface area contributed by atoms with Crippen LogP contribution >= 0.6 is 0 Å². The molecular formula is C20H23N3O4. The van der Waals surface area contributed by atoms with Crippen molar-refractivity contribution in [1.29, 1.82) is 0 Å². The summed E-state index contributed by atoms with van der Waals surface area (Å²) in [6, 6.07) is 5.56. The number of hydrogen-bond donors (Lipinski definition) is 0. The Kier molecular flexibility index (Phi) is 4.24. The number of carbonyl (C=O) groups is 1. The van der Waals surface area contributed by atoms with Crippen LogP contribution in [0.5, 0.6) is 11.5 Å². The number of imidazole rings is 1. The van der Waals surface area contributed by atoms with Crippen molar-refractivity contribution < 1.29 is 19.0 Å². The monoisotopic (exact) mass is 369 g/mol. The van der Waals surface area contributed by atoms with E-state index in [9.17, 15) is 4.79 Å². The molecule has 1 atom stereocenters. The fraction of sp³-hybridized carbons (Fsp3) is 0.500. The van der Waals surface area contributed by atoms with E-state index in [1.807, 2.05) is 29.6 Å². The van der Waals surface area contributed by atoms with Gasteiger partial charge >= 0.3 is 0 Å². The van der Waals surface area contributed by atoms with E-state index in [0.717, 1.165) is 18.2 Å². The van der Waals surface area contributed by atoms with Crippen LogP contribution in [0.25, 0.3) is 0 Å². The van der Waals surface area contributed by atoms with E-state index in [-0.39, 0.29) is 11.9 Å². The van der Waals surface area contributed by atoms with Gasteiger partial charge in [-0.1, -0.05) is 6.07 Å². The Bertz CT molecular complexity index is 846. The molecule has 0 saturated heterocycles. The van der Waals surface area contributed by atoms with Crippen LogP contribution in [0.15, 0.2) is 30.7 Å². The average molecular weight is 369 g/mol. The van der Waals surface area contributed by atoms with E-state index in [4.69, 9.17) is 14.2 Å². The number of carbonyl (C=O) groups excluding carboxylic acids is 1. The lowest BCUT2D eigenvalue weighted by atomic mass is 10.1. The quantitative estimate of drug-likeness (QED) is 0.809. The Morgan fingerprint density at radius 1 is 1.22 bits per heavy atom. The number of nitrogens with zero attached hydrogens (tertiary/aromatic N) is 3. The molecule has 142 valence electrons. The third kappa shape index (κ3) is 3.27. The minimum atomic E-state index is -0.0445. The first-order valence-corrected chi connectivity index (χ1v) is 9.56. The highest BCUT2D eigenvalue weighted by Gasteiger charge is 2.32. The topological polar surface area (TPSA) is 65.8 Å². The molecule has 1 saturated carbocycles. The number of amides is 1. The molecule has 0 radical (unpaired) electrons. The minimum Gasteiger partial charge on any atom is -0.486 e. The van der Waals surface area contributed by atoms with Gasteiger partial charge < -0.3 is 23.7 Å². The van der Waals surface area contributed by atoms with Crippen LogP contribution in [0.4, 0.5) is 0 Å².